The first kappa shape index (κ1) is 17.7. The van der Waals surface area contributed by atoms with E-state index in [-0.39, 0.29) is 11.7 Å². The Morgan fingerprint density at radius 2 is 1.80 bits per heavy atom. The molecule has 0 saturated carbocycles. The molecule has 0 unspecified atom stereocenters. The van der Waals surface area contributed by atoms with Crippen LogP contribution in [0.5, 0.6) is 5.75 Å². The minimum absolute atomic E-state index is 0.0930. The van der Waals surface area contributed by atoms with Gasteiger partial charge in [0.1, 0.15) is 11.5 Å². The van der Waals surface area contributed by atoms with Gasteiger partial charge in [-0.25, -0.2) is 0 Å². The molecule has 0 fully saturated rings. The Hall–Kier alpha value is -2.12. The Kier molecular flexibility index (Phi) is 5.55. The molecule has 7 heteroatoms. The quantitative estimate of drug-likeness (QED) is 0.336. The number of benzene rings is 2. The lowest BCUT2D eigenvalue weighted by Crippen LogP contribution is -2.12. The fraction of sp³-hybridized carbons (Fsp3) is 0.167. The van der Waals surface area contributed by atoms with E-state index in [0.717, 1.165) is 32.9 Å². The molecule has 0 atom stereocenters. The van der Waals surface area contributed by atoms with Crippen LogP contribution in [0.1, 0.15) is 11.1 Å². The van der Waals surface area contributed by atoms with Crippen LogP contribution in [0, 0.1) is 13.8 Å². The number of aromatic nitrogens is 2. The smallest absolute Gasteiger partial charge is 0.321 e. The van der Waals surface area contributed by atoms with Crippen LogP contribution >= 0.6 is 27.7 Å². The number of aryl methyl sites for hydroxylation is 2. The highest BCUT2D eigenvalue weighted by atomic mass is 79.9. The summed E-state index contributed by atoms with van der Waals surface area (Å²) in [6, 6.07) is 13.3. The first-order valence-electron chi connectivity index (χ1n) is 7.52. The standard InChI is InChI=1S/C18H15BrN2O3S/c1-11-4-3-5-12(2)16(11)23-15(22)10-25-18-21-20-17(24-18)13-6-8-14(19)9-7-13/h3-9H,10H2,1-2H3. The number of thioether (sulfide) groups is 1. The molecular weight excluding hydrogens is 404 g/mol. The number of para-hydroxylation sites is 1. The second-order valence-electron chi connectivity index (χ2n) is 5.36. The lowest BCUT2D eigenvalue weighted by molar-refractivity contribution is -0.131. The van der Waals surface area contributed by atoms with E-state index in [4.69, 9.17) is 9.15 Å². The van der Waals surface area contributed by atoms with Gasteiger partial charge in [0.15, 0.2) is 0 Å². The van der Waals surface area contributed by atoms with Gasteiger partial charge in [-0.15, -0.1) is 10.2 Å². The van der Waals surface area contributed by atoms with Crippen LogP contribution in [0.15, 0.2) is 56.6 Å². The molecule has 3 rings (SSSR count). The highest BCUT2D eigenvalue weighted by Gasteiger charge is 2.14. The number of hydrogen-bond donors (Lipinski definition) is 0. The molecule has 0 aliphatic rings. The molecule has 0 bridgehead atoms. The second kappa shape index (κ2) is 7.84. The molecule has 1 aromatic heterocycles. The van der Waals surface area contributed by atoms with E-state index in [9.17, 15) is 4.79 Å². The van der Waals surface area contributed by atoms with Gasteiger partial charge in [-0.1, -0.05) is 45.9 Å². The lowest BCUT2D eigenvalue weighted by Gasteiger charge is -2.09. The third-order valence-corrected chi connectivity index (χ3v) is 4.76. The molecule has 25 heavy (non-hydrogen) atoms. The third-order valence-electron chi connectivity index (χ3n) is 3.44. The van der Waals surface area contributed by atoms with Crippen LogP contribution in [0.2, 0.25) is 0 Å². The van der Waals surface area contributed by atoms with Crippen LogP contribution < -0.4 is 4.74 Å². The number of rotatable bonds is 5. The molecule has 0 N–H and O–H groups in total. The first-order valence-corrected chi connectivity index (χ1v) is 9.30. The van der Waals surface area contributed by atoms with Crippen LogP contribution in [0.3, 0.4) is 0 Å². The van der Waals surface area contributed by atoms with Crippen molar-refractivity contribution in [2.75, 3.05) is 5.75 Å². The molecule has 0 saturated heterocycles. The summed E-state index contributed by atoms with van der Waals surface area (Å²) < 4.78 is 12.0. The summed E-state index contributed by atoms with van der Waals surface area (Å²) in [5.41, 5.74) is 2.67. The van der Waals surface area contributed by atoms with E-state index in [2.05, 4.69) is 26.1 Å². The number of nitrogens with zero attached hydrogens (tertiary/aromatic N) is 2. The summed E-state index contributed by atoms with van der Waals surface area (Å²) in [4.78, 5) is 12.1. The average molecular weight is 419 g/mol. The SMILES string of the molecule is Cc1cccc(C)c1OC(=O)CSc1nnc(-c2ccc(Br)cc2)o1. The van der Waals surface area contributed by atoms with Gasteiger partial charge in [0.05, 0.1) is 0 Å². The van der Waals surface area contributed by atoms with Crippen LogP contribution in [0.4, 0.5) is 0 Å². The average Bonchev–Trinajstić information content (AvgIpc) is 3.06. The number of carbonyl (C=O) groups is 1. The van der Waals surface area contributed by atoms with Gasteiger partial charge in [-0.2, -0.15) is 0 Å². The van der Waals surface area contributed by atoms with Crippen molar-refractivity contribution >= 4 is 33.7 Å². The van der Waals surface area contributed by atoms with Crippen LogP contribution in [0.25, 0.3) is 11.5 Å². The van der Waals surface area contributed by atoms with Gasteiger partial charge >= 0.3 is 5.97 Å². The van der Waals surface area contributed by atoms with E-state index in [0.29, 0.717) is 16.9 Å². The monoisotopic (exact) mass is 418 g/mol. The largest absolute Gasteiger partial charge is 0.425 e. The van der Waals surface area contributed by atoms with Crippen molar-refractivity contribution in [3.8, 4) is 17.2 Å². The van der Waals surface area contributed by atoms with Crippen molar-refractivity contribution in [1.82, 2.24) is 10.2 Å². The normalized spacial score (nSPS) is 10.7. The highest BCUT2D eigenvalue weighted by molar-refractivity contribution is 9.10. The first-order chi connectivity index (χ1) is 12.0. The predicted molar refractivity (Wildman–Crippen MR) is 99.7 cm³/mol. The number of esters is 1. The predicted octanol–water partition coefficient (Wildman–Crippen LogP) is 4.81. The topological polar surface area (TPSA) is 65.2 Å². The van der Waals surface area contributed by atoms with E-state index < -0.39 is 0 Å². The van der Waals surface area contributed by atoms with E-state index in [1.54, 1.807) is 0 Å². The molecule has 3 aromatic rings. The third kappa shape index (κ3) is 4.49. The summed E-state index contributed by atoms with van der Waals surface area (Å²) in [5, 5.41) is 8.29. The zero-order chi connectivity index (χ0) is 17.8. The fourth-order valence-corrected chi connectivity index (χ4v) is 3.00. The number of hydrogen-bond acceptors (Lipinski definition) is 6. The van der Waals surface area contributed by atoms with Crippen molar-refractivity contribution in [3.05, 3.63) is 58.1 Å². The number of ether oxygens (including phenoxy) is 1. The number of carbonyl (C=O) groups excluding carboxylic acids is 1. The Balaban J connectivity index is 1.60. The second-order valence-corrected chi connectivity index (χ2v) is 7.21. The van der Waals surface area contributed by atoms with Crippen molar-refractivity contribution in [3.63, 3.8) is 0 Å². The molecule has 0 aliphatic carbocycles. The molecule has 5 nitrogen and oxygen atoms in total. The lowest BCUT2D eigenvalue weighted by atomic mass is 10.1. The van der Waals surface area contributed by atoms with Gasteiger partial charge in [-0.05, 0) is 49.2 Å². The van der Waals surface area contributed by atoms with Crippen molar-refractivity contribution in [2.45, 2.75) is 19.1 Å². The highest BCUT2D eigenvalue weighted by Crippen LogP contribution is 2.26. The Bertz CT molecular complexity index is 873. The summed E-state index contributed by atoms with van der Waals surface area (Å²) in [7, 11) is 0. The summed E-state index contributed by atoms with van der Waals surface area (Å²) in [6.07, 6.45) is 0. The van der Waals surface area contributed by atoms with E-state index in [1.165, 1.54) is 0 Å². The maximum absolute atomic E-state index is 12.1. The molecule has 0 spiro atoms. The zero-order valence-corrected chi connectivity index (χ0v) is 16.1. The molecule has 0 amide bonds. The van der Waals surface area contributed by atoms with Crippen molar-refractivity contribution in [2.24, 2.45) is 0 Å². The van der Waals surface area contributed by atoms with Gasteiger partial charge in [-0.3, -0.25) is 4.79 Å². The van der Waals surface area contributed by atoms with E-state index in [1.807, 2.05) is 56.3 Å². The van der Waals surface area contributed by atoms with Crippen LogP contribution in [-0.2, 0) is 4.79 Å². The van der Waals surface area contributed by atoms with Gasteiger partial charge < -0.3 is 9.15 Å². The molecule has 1 heterocycles. The maximum atomic E-state index is 12.1. The zero-order valence-electron chi connectivity index (χ0n) is 13.7. The Morgan fingerprint density at radius 1 is 1.12 bits per heavy atom. The van der Waals surface area contributed by atoms with E-state index >= 15 is 0 Å². The molecule has 128 valence electrons. The van der Waals surface area contributed by atoms with Gasteiger partial charge in [0.25, 0.3) is 5.22 Å². The van der Waals surface area contributed by atoms with Crippen LogP contribution in [-0.4, -0.2) is 21.9 Å². The van der Waals surface area contributed by atoms with Crippen molar-refractivity contribution in [1.29, 1.82) is 0 Å². The fourth-order valence-electron chi connectivity index (χ4n) is 2.20. The van der Waals surface area contributed by atoms with Crippen molar-refractivity contribution < 1.29 is 13.9 Å². The van der Waals surface area contributed by atoms with Gasteiger partial charge in [0, 0.05) is 10.0 Å². The molecule has 0 aliphatic heterocycles. The molecule has 0 radical (unpaired) electrons. The molecule has 2 aromatic carbocycles. The summed E-state index contributed by atoms with van der Waals surface area (Å²) in [5.74, 6) is 0.758. The molecular formula is C18H15BrN2O3S. The maximum Gasteiger partial charge on any atom is 0.321 e. The number of halogens is 1. The minimum Gasteiger partial charge on any atom is -0.425 e. The minimum atomic E-state index is -0.356. The summed E-state index contributed by atoms with van der Waals surface area (Å²) >= 11 is 4.53. The van der Waals surface area contributed by atoms with Gasteiger partial charge in [0.2, 0.25) is 5.89 Å². The Morgan fingerprint density at radius 3 is 2.48 bits per heavy atom. The Labute approximate surface area is 157 Å². The summed E-state index contributed by atoms with van der Waals surface area (Å²) in [6.45, 7) is 3.82.